The second kappa shape index (κ2) is 10.4. The number of ether oxygens (including phenoxy) is 3. The van der Waals surface area contributed by atoms with E-state index in [-0.39, 0.29) is 47.8 Å². The summed E-state index contributed by atoms with van der Waals surface area (Å²) in [5.74, 6) is 2.78. The topological polar surface area (TPSA) is 85.3 Å². The number of carbonyl (C=O) groups is 2. The van der Waals surface area contributed by atoms with E-state index in [1.165, 1.54) is 51.4 Å². The maximum absolute atomic E-state index is 12.9. The quantitative estimate of drug-likeness (QED) is 0.326. The molecule has 5 unspecified atom stereocenters. The highest BCUT2D eigenvalue weighted by Gasteiger charge is 2.83. The van der Waals surface area contributed by atoms with Crippen molar-refractivity contribution in [2.45, 2.75) is 149 Å². The zero-order valence-electron chi connectivity index (χ0n) is 28.7. The lowest BCUT2D eigenvalue weighted by Crippen LogP contribution is -2.58. The molecule has 2 heterocycles. The minimum Gasteiger partial charge on any atom is -0.481 e. The largest absolute Gasteiger partial charge is 0.481 e. The predicted octanol–water partition coefficient (Wildman–Crippen LogP) is 7.06. The lowest BCUT2D eigenvalue weighted by Gasteiger charge is -2.63. The number of carboxylic acids is 1. The second-order valence-electron chi connectivity index (χ2n) is 18.5. The average Bonchev–Trinajstić information content (AvgIpc) is 3.89. The highest BCUT2D eigenvalue weighted by atomic mass is 16.7. The summed E-state index contributed by atoms with van der Waals surface area (Å²) in [5, 5.41) is 9.31. The number of rotatable bonds is 7. The molecule has 8 rings (SSSR count). The summed E-state index contributed by atoms with van der Waals surface area (Å²) >= 11 is 0. The molecule has 2 saturated heterocycles. The van der Waals surface area contributed by atoms with Crippen molar-refractivity contribution >= 4 is 11.9 Å². The van der Waals surface area contributed by atoms with E-state index in [9.17, 15) is 14.7 Å². The number of hydrogen-bond acceptors (Lipinski definition) is 5. The molecular formula is C38H59NO6. The smallest absolute Gasteiger partial charge is 0.303 e. The number of aliphatic carboxylic acids is 1. The van der Waals surface area contributed by atoms with E-state index in [1.807, 2.05) is 4.90 Å². The van der Waals surface area contributed by atoms with E-state index in [0.29, 0.717) is 72.5 Å². The first-order valence-electron chi connectivity index (χ1n) is 18.8. The van der Waals surface area contributed by atoms with Gasteiger partial charge in [0.15, 0.2) is 6.29 Å². The molecule has 7 heteroatoms. The lowest BCUT2D eigenvalue weighted by atomic mass is 9.41. The molecule has 1 amide bonds. The third kappa shape index (κ3) is 4.51. The number of hydrogen-bond donors (Lipinski definition) is 1. The Morgan fingerprint density at radius 1 is 0.956 bits per heavy atom. The second-order valence-corrected chi connectivity index (χ2v) is 18.5. The van der Waals surface area contributed by atoms with Gasteiger partial charge in [0.1, 0.15) is 0 Å². The maximum Gasteiger partial charge on any atom is 0.303 e. The summed E-state index contributed by atoms with van der Waals surface area (Å²) in [4.78, 5) is 26.2. The summed E-state index contributed by atoms with van der Waals surface area (Å²) in [6.07, 6.45) is 15.4. The molecule has 0 radical (unpaired) electrons. The number of amides is 1. The third-order valence-electron chi connectivity index (χ3n) is 16.2. The highest BCUT2D eigenvalue weighted by molar-refractivity contribution is 5.76. The Morgan fingerprint density at radius 2 is 1.71 bits per heavy atom. The molecule has 1 N–H and O–H groups in total. The molecule has 2 spiro atoms. The van der Waals surface area contributed by atoms with Gasteiger partial charge in [-0.15, -0.1) is 0 Å². The molecule has 0 aromatic rings. The van der Waals surface area contributed by atoms with Crippen molar-refractivity contribution < 1.29 is 28.9 Å². The summed E-state index contributed by atoms with van der Waals surface area (Å²) < 4.78 is 19.8. The van der Waals surface area contributed by atoms with Crippen LogP contribution in [0.5, 0.6) is 0 Å². The first kappa shape index (κ1) is 31.1. The maximum atomic E-state index is 12.9. The fourth-order valence-corrected chi connectivity index (χ4v) is 13.9. The Bertz CT molecular complexity index is 1220. The number of morpholine rings is 1. The van der Waals surface area contributed by atoms with Crippen LogP contribution >= 0.6 is 0 Å². The minimum atomic E-state index is -0.708. The van der Waals surface area contributed by atoms with Crippen LogP contribution in [0.4, 0.5) is 0 Å². The fraction of sp³-hybridized carbons (Fsp3) is 0.947. The van der Waals surface area contributed by atoms with Crippen molar-refractivity contribution in [3.8, 4) is 0 Å². The van der Waals surface area contributed by atoms with Crippen molar-refractivity contribution in [1.29, 1.82) is 0 Å². The van der Waals surface area contributed by atoms with E-state index in [0.717, 1.165) is 25.2 Å². The highest BCUT2D eigenvalue weighted by Crippen LogP contribution is 2.89. The molecule has 7 nitrogen and oxygen atoms in total. The zero-order valence-corrected chi connectivity index (χ0v) is 28.7. The Labute approximate surface area is 270 Å². The third-order valence-corrected chi connectivity index (χ3v) is 16.2. The van der Waals surface area contributed by atoms with Gasteiger partial charge >= 0.3 is 5.97 Å². The monoisotopic (exact) mass is 625 g/mol. The van der Waals surface area contributed by atoms with Crippen LogP contribution < -0.4 is 0 Å². The molecular weight excluding hydrogens is 566 g/mol. The van der Waals surface area contributed by atoms with Gasteiger partial charge in [-0.05, 0) is 134 Å². The molecule has 0 bridgehead atoms. The van der Waals surface area contributed by atoms with Gasteiger partial charge in [0.25, 0.3) is 0 Å². The molecule has 45 heavy (non-hydrogen) atoms. The first-order chi connectivity index (χ1) is 21.3. The van der Waals surface area contributed by atoms with Crippen LogP contribution in [0.25, 0.3) is 0 Å². The van der Waals surface area contributed by atoms with Gasteiger partial charge in [0.05, 0.1) is 31.5 Å². The van der Waals surface area contributed by atoms with E-state index < -0.39 is 5.97 Å². The molecule has 8 aliphatic rings. The van der Waals surface area contributed by atoms with Gasteiger partial charge in [-0.1, -0.05) is 34.6 Å². The standard InChI is InChI=1S/C38H59NO6/c1-23-18-25(8-11-31(41)42)44-26-20-36(5)28-10-9-27-34(2,3)29(45-32-21-39(16-17-43-32)30(40)19-24-6-7-24)12-13-37(27)22-38(28,37)15-14-35(36,4)33(23)26/h23-29,32-33H,6-22H2,1-5H3,(H,41,42)/t23-,25?,26?,27?,28+,29+,32?,33?,35-,36+,37-,38+/m1/s1. The SMILES string of the molecule is C[C@@H]1CC(CCC(=O)O)OC2C[C@@]3(C)[C@@H]4CCC5C(C)(C)[C@@H](OC6CN(C(=O)CC7CC7)CCO6)CC[C@@]56C[C@@]46CC[C@]3(C)C21. The number of nitrogens with zero attached hydrogens (tertiary/aromatic N) is 1. The zero-order chi connectivity index (χ0) is 31.6. The van der Waals surface area contributed by atoms with Gasteiger partial charge in [-0.2, -0.15) is 0 Å². The Kier molecular flexibility index (Phi) is 7.20. The molecule has 0 aromatic carbocycles. The molecule has 2 aliphatic heterocycles. The summed E-state index contributed by atoms with van der Waals surface area (Å²) in [7, 11) is 0. The number of carboxylic acid groups (broad SMARTS) is 1. The van der Waals surface area contributed by atoms with Crippen molar-refractivity contribution in [3.63, 3.8) is 0 Å². The van der Waals surface area contributed by atoms with Crippen molar-refractivity contribution in [1.82, 2.24) is 4.90 Å². The number of fused-ring (bicyclic) bond motifs is 4. The molecule has 252 valence electrons. The van der Waals surface area contributed by atoms with Crippen molar-refractivity contribution in [2.75, 3.05) is 19.7 Å². The lowest BCUT2D eigenvalue weighted by molar-refractivity contribution is -0.246. The summed E-state index contributed by atoms with van der Waals surface area (Å²) in [5.41, 5.74) is 1.54. The van der Waals surface area contributed by atoms with Crippen LogP contribution in [-0.4, -0.2) is 66.2 Å². The molecule has 6 aliphatic carbocycles. The Hall–Kier alpha value is -1.18. The normalized spacial score (nSPS) is 51.3. The van der Waals surface area contributed by atoms with E-state index in [4.69, 9.17) is 14.2 Å². The van der Waals surface area contributed by atoms with Gasteiger partial charge in [-0.3, -0.25) is 9.59 Å². The van der Waals surface area contributed by atoms with Crippen LogP contribution in [0.1, 0.15) is 125 Å². The molecule has 0 aromatic heterocycles. The molecule has 6 saturated carbocycles. The predicted molar refractivity (Wildman–Crippen MR) is 170 cm³/mol. The first-order valence-corrected chi connectivity index (χ1v) is 18.8. The molecule has 12 atom stereocenters. The minimum absolute atomic E-state index is 0.0800. The van der Waals surface area contributed by atoms with Crippen LogP contribution in [0.2, 0.25) is 0 Å². The fourth-order valence-electron chi connectivity index (χ4n) is 13.9. The van der Waals surface area contributed by atoms with Gasteiger partial charge < -0.3 is 24.2 Å². The van der Waals surface area contributed by atoms with Crippen LogP contribution in [-0.2, 0) is 23.8 Å². The summed E-state index contributed by atoms with van der Waals surface area (Å²) in [6.45, 7) is 14.5. The number of carbonyl (C=O) groups excluding carboxylic acids is 1. The Morgan fingerprint density at radius 3 is 2.47 bits per heavy atom. The van der Waals surface area contributed by atoms with Crippen LogP contribution in [0, 0.1) is 56.7 Å². The van der Waals surface area contributed by atoms with Crippen LogP contribution in [0.15, 0.2) is 0 Å². The van der Waals surface area contributed by atoms with E-state index >= 15 is 0 Å². The van der Waals surface area contributed by atoms with Gasteiger partial charge in [-0.25, -0.2) is 0 Å². The van der Waals surface area contributed by atoms with Crippen LogP contribution in [0.3, 0.4) is 0 Å². The van der Waals surface area contributed by atoms with Crippen molar-refractivity contribution in [2.24, 2.45) is 56.7 Å². The van der Waals surface area contributed by atoms with E-state index in [1.54, 1.807) is 0 Å². The van der Waals surface area contributed by atoms with Crippen molar-refractivity contribution in [3.05, 3.63) is 0 Å². The van der Waals surface area contributed by atoms with Gasteiger partial charge in [0.2, 0.25) is 5.91 Å². The Balaban J connectivity index is 0.976. The summed E-state index contributed by atoms with van der Waals surface area (Å²) in [6, 6.07) is 0. The average molecular weight is 626 g/mol. The van der Waals surface area contributed by atoms with Gasteiger partial charge in [0, 0.05) is 19.4 Å². The van der Waals surface area contributed by atoms with E-state index in [2.05, 4.69) is 34.6 Å². The molecule has 8 fully saturated rings.